The first-order valence-electron chi connectivity index (χ1n) is 8.10. The first kappa shape index (κ1) is 16.2. The van der Waals surface area contributed by atoms with Crippen molar-refractivity contribution >= 4 is 17.0 Å². The van der Waals surface area contributed by atoms with Crippen molar-refractivity contribution in [3.05, 3.63) is 47.7 Å². The summed E-state index contributed by atoms with van der Waals surface area (Å²) in [4.78, 5) is 17.3. The Hall–Kier alpha value is -2.69. The number of hydrogen-bond acceptors (Lipinski definition) is 4. The zero-order valence-electron chi connectivity index (χ0n) is 14.3. The lowest BCUT2D eigenvalue weighted by atomic mass is 10.0. The smallest absolute Gasteiger partial charge is 0.259 e. The van der Waals surface area contributed by atoms with E-state index in [1.54, 1.807) is 0 Å². The number of aromatic nitrogens is 2. The number of nitrogens with one attached hydrogen (secondary N) is 1. The molecule has 0 spiro atoms. The maximum absolute atomic E-state index is 12.8. The average Bonchev–Trinajstić information content (AvgIpc) is 2.96. The number of nitrogens with zero attached hydrogens (tertiary/aromatic N) is 2. The van der Waals surface area contributed by atoms with E-state index in [9.17, 15) is 4.79 Å². The van der Waals surface area contributed by atoms with Crippen LogP contribution >= 0.6 is 0 Å². The Kier molecular flexibility index (Phi) is 4.34. The number of aryl methyl sites for hydroxylation is 1. The Morgan fingerprint density at radius 1 is 1.17 bits per heavy atom. The van der Waals surface area contributed by atoms with E-state index in [1.807, 2.05) is 50.2 Å². The molecule has 0 aliphatic carbocycles. The molecule has 0 fully saturated rings. The van der Waals surface area contributed by atoms with Crippen LogP contribution in [0.3, 0.4) is 0 Å². The Morgan fingerprint density at radius 3 is 2.54 bits per heavy atom. The third-order valence-corrected chi connectivity index (χ3v) is 4.29. The molecule has 5 nitrogen and oxygen atoms in total. The van der Waals surface area contributed by atoms with E-state index in [2.05, 4.69) is 29.3 Å². The normalized spacial score (nSPS) is 12.5. The van der Waals surface area contributed by atoms with Crippen LogP contribution in [0.25, 0.3) is 22.4 Å². The van der Waals surface area contributed by atoms with Gasteiger partial charge in [0.25, 0.3) is 11.6 Å². The van der Waals surface area contributed by atoms with E-state index in [4.69, 9.17) is 4.52 Å². The van der Waals surface area contributed by atoms with Gasteiger partial charge in [-0.05, 0) is 25.8 Å². The minimum absolute atomic E-state index is 0.0704. The summed E-state index contributed by atoms with van der Waals surface area (Å²) in [5.74, 6) is 0.218. The quantitative estimate of drug-likeness (QED) is 0.789. The number of pyridine rings is 1. The van der Waals surface area contributed by atoms with Crippen molar-refractivity contribution in [3.8, 4) is 11.3 Å². The highest BCUT2D eigenvalue weighted by Gasteiger charge is 2.21. The highest BCUT2D eigenvalue weighted by Crippen LogP contribution is 2.27. The van der Waals surface area contributed by atoms with Crippen LogP contribution in [-0.4, -0.2) is 22.1 Å². The van der Waals surface area contributed by atoms with Crippen molar-refractivity contribution < 1.29 is 9.32 Å². The Labute approximate surface area is 141 Å². The van der Waals surface area contributed by atoms with Crippen LogP contribution in [0.2, 0.25) is 0 Å². The Morgan fingerprint density at radius 2 is 1.88 bits per heavy atom. The van der Waals surface area contributed by atoms with Gasteiger partial charge in [0.15, 0.2) is 0 Å². The van der Waals surface area contributed by atoms with E-state index in [1.165, 1.54) is 0 Å². The van der Waals surface area contributed by atoms with Gasteiger partial charge in [0, 0.05) is 11.6 Å². The molecule has 0 saturated heterocycles. The van der Waals surface area contributed by atoms with E-state index < -0.39 is 0 Å². The van der Waals surface area contributed by atoms with Gasteiger partial charge in [-0.2, -0.15) is 0 Å². The second-order valence-corrected chi connectivity index (χ2v) is 6.38. The molecule has 3 aromatic rings. The van der Waals surface area contributed by atoms with E-state index >= 15 is 0 Å². The fraction of sp³-hybridized carbons (Fsp3) is 0.316. The first-order chi connectivity index (χ1) is 11.5. The summed E-state index contributed by atoms with van der Waals surface area (Å²) in [5, 5.41) is 7.69. The van der Waals surface area contributed by atoms with Crippen LogP contribution in [0.4, 0.5) is 0 Å². The molecule has 0 radical (unpaired) electrons. The van der Waals surface area contributed by atoms with Gasteiger partial charge in [-0.15, -0.1) is 0 Å². The summed E-state index contributed by atoms with van der Waals surface area (Å²) in [5.41, 5.74) is 3.22. The summed E-state index contributed by atoms with van der Waals surface area (Å²) in [6, 6.07) is 11.6. The minimum Gasteiger partial charge on any atom is -0.349 e. The monoisotopic (exact) mass is 323 g/mol. The molecule has 2 heterocycles. The molecule has 1 unspecified atom stereocenters. The molecule has 0 aliphatic rings. The summed E-state index contributed by atoms with van der Waals surface area (Å²) < 4.78 is 5.31. The van der Waals surface area contributed by atoms with Crippen molar-refractivity contribution in [3.63, 3.8) is 0 Å². The number of rotatable bonds is 4. The van der Waals surface area contributed by atoms with Crippen LogP contribution < -0.4 is 5.32 Å². The Balaban J connectivity index is 2.11. The number of amides is 1. The van der Waals surface area contributed by atoms with Gasteiger partial charge in [0.1, 0.15) is 0 Å². The zero-order chi connectivity index (χ0) is 17.3. The lowest BCUT2D eigenvalue weighted by molar-refractivity contribution is 0.0932. The van der Waals surface area contributed by atoms with Gasteiger partial charge in [0.2, 0.25) is 0 Å². The predicted octanol–water partition coefficient (Wildman–Crippen LogP) is 3.97. The topological polar surface area (TPSA) is 68.0 Å². The predicted molar refractivity (Wildman–Crippen MR) is 93.7 cm³/mol. The lowest BCUT2D eigenvalue weighted by Crippen LogP contribution is -2.36. The summed E-state index contributed by atoms with van der Waals surface area (Å²) in [6.45, 7) is 7.97. The molecule has 1 aromatic carbocycles. The molecule has 124 valence electrons. The van der Waals surface area contributed by atoms with Gasteiger partial charge in [0.05, 0.1) is 22.3 Å². The van der Waals surface area contributed by atoms with E-state index in [-0.39, 0.29) is 11.9 Å². The van der Waals surface area contributed by atoms with Crippen molar-refractivity contribution in [1.82, 2.24) is 15.5 Å². The minimum atomic E-state index is -0.132. The van der Waals surface area contributed by atoms with Crippen molar-refractivity contribution in [2.75, 3.05) is 0 Å². The first-order valence-corrected chi connectivity index (χ1v) is 8.10. The van der Waals surface area contributed by atoms with Gasteiger partial charge in [-0.25, -0.2) is 4.98 Å². The highest BCUT2D eigenvalue weighted by molar-refractivity contribution is 6.07. The molecule has 0 aliphatic heterocycles. The number of carbonyl (C=O) groups excluding carboxylic acids is 1. The molecule has 0 bridgehead atoms. The molecular weight excluding hydrogens is 302 g/mol. The molecule has 1 atom stereocenters. The van der Waals surface area contributed by atoms with Gasteiger partial charge in [-0.1, -0.05) is 49.3 Å². The molecule has 3 rings (SSSR count). The van der Waals surface area contributed by atoms with Crippen molar-refractivity contribution in [2.45, 2.75) is 33.7 Å². The largest absolute Gasteiger partial charge is 0.349 e. The van der Waals surface area contributed by atoms with Crippen LogP contribution in [0.15, 0.2) is 40.9 Å². The number of hydrogen-bond donors (Lipinski definition) is 1. The molecule has 2 aromatic heterocycles. The van der Waals surface area contributed by atoms with Crippen LogP contribution in [-0.2, 0) is 0 Å². The zero-order valence-corrected chi connectivity index (χ0v) is 14.3. The van der Waals surface area contributed by atoms with Crippen LogP contribution in [0, 0.1) is 12.8 Å². The maximum Gasteiger partial charge on any atom is 0.259 e. The fourth-order valence-electron chi connectivity index (χ4n) is 2.48. The van der Waals surface area contributed by atoms with Gasteiger partial charge < -0.3 is 9.84 Å². The second kappa shape index (κ2) is 6.43. The van der Waals surface area contributed by atoms with E-state index in [0.717, 1.165) is 5.56 Å². The number of fused-ring (bicyclic) bond motifs is 1. The fourth-order valence-corrected chi connectivity index (χ4v) is 2.48. The molecule has 5 heteroatoms. The number of carbonyl (C=O) groups is 1. The summed E-state index contributed by atoms with van der Waals surface area (Å²) in [6.07, 6.45) is 0. The third kappa shape index (κ3) is 3.02. The molecule has 1 N–H and O–H groups in total. The molecule has 0 saturated carbocycles. The summed E-state index contributed by atoms with van der Waals surface area (Å²) in [7, 11) is 0. The van der Waals surface area contributed by atoms with Crippen LogP contribution in [0.1, 0.15) is 36.8 Å². The average molecular weight is 323 g/mol. The standard InChI is InChI=1S/C19H21N3O2/c1-11(2)12(3)20-18(23)15-10-16(14-8-6-5-7-9-14)21-19-17(15)13(4)22-24-19/h5-12H,1-4H3,(H,20,23). The summed E-state index contributed by atoms with van der Waals surface area (Å²) >= 11 is 0. The molecule has 24 heavy (non-hydrogen) atoms. The number of benzene rings is 1. The van der Waals surface area contributed by atoms with Crippen molar-refractivity contribution in [1.29, 1.82) is 0 Å². The van der Waals surface area contributed by atoms with Gasteiger partial charge in [-0.3, -0.25) is 4.79 Å². The molecular formula is C19H21N3O2. The van der Waals surface area contributed by atoms with E-state index in [0.29, 0.717) is 34.0 Å². The second-order valence-electron chi connectivity index (χ2n) is 6.38. The highest BCUT2D eigenvalue weighted by atomic mass is 16.5. The third-order valence-electron chi connectivity index (χ3n) is 4.29. The lowest BCUT2D eigenvalue weighted by Gasteiger charge is -2.18. The van der Waals surface area contributed by atoms with Gasteiger partial charge >= 0.3 is 0 Å². The van der Waals surface area contributed by atoms with Crippen LogP contribution in [0.5, 0.6) is 0 Å². The Bertz CT molecular complexity index is 869. The molecule has 1 amide bonds. The maximum atomic E-state index is 12.8. The van der Waals surface area contributed by atoms with Crippen molar-refractivity contribution in [2.24, 2.45) is 5.92 Å². The SMILES string of the molecule is Cc1noc2nc(-c3ccccc3)cc(C(=O)NC(C)C(C)C)c12.